The number of anilines is 1. The van der Waals surface area contributed by atoms with E-state index in [-0.39, 0.29) is 11.4 Å². The van der Waals surface area contributed by atoms with E-state index >= 15 is 0 Å². The van der Waals surface area contributed by atoms with E-state index in [1.54, 1.807) is 29.3 Å². The van der Waals surface area contributed by atoms with Crippen molar-refractivity contribution in [2.45, 2.75) is 51.0 Å². The summed E-state index contributed by atoms with van der Waals surface area (Å²) in [6.45, 7) is 6.48. The average Bonchev–Trinajstić information content (AvgIpc) is 2.95. The van der Waals surface area contributed by atoms with E-state index < -0.39 is 10.0 Å². The fraction of sp³-hybridized carbons (Fsp3) is 0.476. The topological polar surface area (TPSA) is 93.0 Å². The Hall–Kier alpha value is -2.52. The van der Waals surface area contributed by atoms with Gasteiger partial charge in [0.2, 0.25) is 10.0 Å². The summed E-state index contributed by atoms with van der Waals surface area (Å²) in [5.41, 5.74) is 2.75. The Bertz CT molecular complexity index is 1130. The van der Waals surface area contributed by atoms with Crippen molar-refractivity contribution in [1.29, 1.82) is 0 Å². The first-order chi connectivity index (χ1) is 14.5. The smallest absolute Gasteiger partial charge is 0.240 e. The molecular formula is C21H28N6O2S. The van der Waals surface area contributed by atoms with Gasteiger partial charge in [-0.15, -0.1) is 0 Å². The van der Waals surface area contributed by atoms with Crippen molar-refractivity contribution < 1.29 is 8.42 Å². The normalized spacial score (nSPS) is 15.5. The van der Waals surface area contributed by atoms with Crippen LogP contribution in [0, 0.1) is 13.8 Å². The summed E-state index contributed by atoms with van der Waals surface area (Å²) in [5.74, 6) is 0.920. The van der Waals surface area contributed by atoms with Crippen LogP contribution >= 0.6 is 0 Å². The number of benzene rings is 1. The maximum atomic E-state index is 12.6. The SMILES string of the molecule is Cc1ccc(S(=O)(=O)NCCn2ncc3c(N4CCCCCC4)ncnc32)cc1C. The molecule has 160 valence electrons. The number of nitrogens with zero attached hydrogens (tertiary/aromatic N) is 5. The Kier molecular flexibility index (Phi) is 6.01. The second kappa shape index (κ2) is 8.69. The van der Waals surface area contributed by atoms with E-state index in [0.29, 0.717) is 6.54 Å². The molecule has 1 N–H and O–H groups in total. The van der Waals surface area contributed by atoms with Crippen LogP contribution in [0.4, 0.5) is 5.82 Å². The third kappa shape index (κ3) is 4.32. The van der Waals surface area contributed by atoms with E-state index in [4.69, 9.17) is 0 Å². The van der Waals surface area contributed by atoms with E-state index in [1.165, 1.54) is 25.7 Å². The van der Waals surface area contributed by atoms with Crippen LogP contribution in [-0.4, -0.2) is 47.8 Å². The van der Waals surface area contributed by atoms with Gasteiger partial charge in [-0.2, -0.15) is 5.10 Å². The Morgan fingerprint density at radius 3 is 2.53 bits per heavy atom. The predicted molar refractivity (Wildman–Crippen MR) is 117 cm³/mol. The van der Waals surface area contributed by atoms with Crippen molar-refractivity contribution >= 4 is 26.9 Å². The van der Waals surface area contributed by atoms with Crippen molar-refractivity contribution in [3.63, 3.8) is 0 Å². The van der Waals surface area contributed by atoms with Crippen LogP contribution in [-0.2, 0) is 16.6 Å². The highest BCUT2D eigenvalue weighted by molar-refractivity contribution is 7.89. The first kappa shape index (κ1) is 20.7. The number of nitrogens with one attached hydrogen (secondary N) is 1. The minimum Gasteiger partial charge on any atom is -0.356 e. The molecule has 4 rings (SSSR count). The second-order valence-electron chi connectivity index (χ2n) is 7.85. The molecule has 8 nitrogen and oxygen atoms in total. The standard InChI is InChI=1S/C21H28N6O2S/c1-16-7-8-18(13-17(16)2)30(28,29)25-9-12-27-21-19(14-24-27)20(22-15-23-21)26-10-5-3-4-6-11-26/h7-8,13-15,25H,3-6,9-12H2,1-2H3. The monoisotopic (exact) mass is 428 g/mol. The van der Waals surface area contributed by atoms with Crippen LogP contribution in [0.3, 0.4) is 0 Å². The molecule has 9 heteroatoms. The van der Waals surface area contributed by atoms with Crippen LogP contribution < -0.4 is 9.62 Å². The van der Waals surface area contributed by atoms with Gasteiger partial charge in [0.1, 0.15) is 12.1 Å². The summed E-state index contributed by atoms with van der Waals surface area (Å²) in [6.07, 6.45) is 8.20. The summed E-state index contributed by atoms with van der Waals surface area (Å²) < 4.78 is 29.6. The number of aromatic nitrogens is 4. The van der Waals surface area contributed by atoms with Crippen LogP contribution in [0.5, 0.6) is 0 Å². The second-order valence-corrected chi connectivity index (χ2v) is 9.61. The largest absolute Gasteiger partial charge is 0.356 e. The van der Waals surface area contributed by atoms with Crippen LogP contribution in [0.15, 0.2) is 35.6 Å². The zero-order chi connectivity index (χ0) is 21.1. The fourth-order valence-corrected chi connectivity index (χ4v) is 4.93. The molecular weight excluding hydrogens is 400 g/mol. The average molecular weight is 429 g/mol. The minimum atomic E-state index is -3.57. The van der Waals surface area contributed by atoms with Gasteiger partial charge in [-0.05, 0) is 49.9 Å². The first-order valence-electron chi connectivity index (χ1n) is 10.4. The number of sulfonamides is 1. The van der Waals surface area contributed by atoms with Gasteiger partial charge in [-0.1, -0.05) is 18.9 Å². The molecule has 0 atom stereocenters. The third-order valence-corrected chi connectivity index (χ3v) is 7.18. The van der Waals surface area contributed by atoms with Gasteiger partial charge >= 0.3 is 0 Å². The Balaban J connectivity index is 1.48. The molecule has 0 saturated carbocycles. The lowest BCUT2D eigenvalue weighted by molar-refractivity contribution is 0.564. The summed E-state index contributed by atoms with van der Waals surface area (Å²) in [5, 5.41) is 5.36. The predicted octanol–water partition coefficient (Wildman–Crippen LogP) is 2.80. The summed E-state index contributed by atoms with van der Waals surface area (Å²) in [4.78, 5) is 11.5. The van der Waals surface area contributed by atoms with Gasteiger partial charge in [-0.25, -0.2) is 27.8 Å². The van der Waals surface area contributed by atoms with Gasteiger partial charge in [0, 0.05) is 19.6 Å². The molecule has 3 aromatic rings. The van der Waals surface area contributed by atoms with Crippen molar-refractivity contribution in [3.8, 4) is 0 Å². The lowest BCUT2D eigenvalue weighted by atomic mass is 10.1. The molecule has 0 spiro atoms. The van der Waals surface area contributed by atoms with Gasteiger partial charge in [0.15, 0.2) is 5.65 Å². The number of hydrogen-bond acceptors (Lipinski definition) is 6. The Labute approximate surface area is 177 Å². The maximum Gasteiger partial charge on any atom is 0.240 e. The molecule has 1 fully saturated rings. The minimum absolute atomic E-state index is 0.231. The van der Waals surface area contributed by atoms with Crippen molar-refractivity contribution in [2.24, 2.45) is 0 Å². The number of aryl methyl sites for hydroxylation is 2. The van der Waals surface area contributed by atoms with Gasteiger partial charge in [-0.3, -0.25) is 0 Å². The lowest BCUT2D eigenvalue weighted by Crippen LogP contribution is -2.28. The van der Waals surface area contributed by atoms with Crippen LogP contribution in [0.2, 0.25) is 0 Å². The van der Waals surface area contributed by atoms with Crippen LogP contribution in [0.1, 0.15) is 36.8 Å². The molecule has 0 aliphatic carbocycles. The molecule has 0 amide bonds. The summed E-state index contributed by atoms with van der Waals surface area (Å²) in [7, 11) is -3.57. The van der Waals surface area contributed by atoms with E-state index in [1.807, 2.05) is 19.9 Å². The molecule has 1 aliphatic heterocycles. The molecule has 2 aromatic heterocycles. The molecule has 1 saturated heterocycles. The highest BCUT2D eigenvalue weighted by Gasteiger charge is 2.18. The van der Waals surface area contributed by atoms with E-state index in [0.717, 1.165) is 41.1 Å². The van der Waals surface area contributed by atoms with E-state index in [9.17, 15) is 8.42 Å². The molecule has 1 aliphatic rings. The summed E-state index contributed by atoms with van der Waals surface area (Å²) >= 11 is 0. The molecule has 0 unspecified atom stereocenters. The number of hydrogen-bond donors (Lipinski definition) is 1. The first-order valence-corrected chi connectivity index (χ1v) is 11.9. The molecule has 3 heterocycles. The van der Waals surface area contributed by atoms with Crippen molar-refractivity contribution in [3.05, 3.63) is 41.9 Å². The third-order valence-electron chi connectivity index (χ3n) is 5.72. The van der Waals surface area contributed by atoms with Gasteiger partial charge < -0.3 is 4.90 Å². The van der Waals surface area contributed by atoms with Gasteiger partial charge in [0.05, 0.1) is 23.0 Å². The zero-order valence-corrected chi connectivity index (χ0v) is 18.3. The quantitative estimate of drug-likeness (QED) is 0.649. The molecule has 0 radical (unpaired) electrons. The highest BCUT2D eigenvalue weighted by Crippen LogP contribution is 2.25. The van der Waals surface area contributed by atoms with E-state index in [2.05, 4.69) is 24.7 Å². The molecule has 30 heavy (non-hydrogen) atoms. The van der Waals surface area contributed by atoms with Crippen LogP contribution in [0.25, 0.3) is 11.0 Å². The van der Waals surface area contributed by atoms with Crippen molar-refractivity contribution in [2.75, 3.05) is 24.5 Å². The Morgan fingerprint density at radius 1 is 1.03 bits per heavy atom. The van der Waals surface area contributed by atoms with Crippen molar-refractivity contribution in [1.82, 2.24) is 24.5 Å². The number of rotatable bonds is 6. The van der Waals surface area contributed by atoms with Gasteiger partial charge in [0.25, 0.3) is 0 Å². The highest BCUT2D eigenvalue weighted by atomic mass is 32.2. The Morgan fingerprint density at radius 2 is 1.80 bits per heavy atom. The summed E-state index contributed by atoms with van der Waals surface area (Å²) in [6, 6.07) is 5.16. The maximum absolute atomic E-state index is 12.6. The lowest BCUT2D eigenvalue weighted by Gasteiger charge is -2.21. The molecule has 0 bridgehead atoms. The molecule has 1 aromatic carbocycles. The fourth-order valence-electron chi connectivity index (χ4n) is 3.83. The zero-order valence-electron chi connectivity index (χ0n) is 17.5. The number of fused-ring (bicyclic) bond motifs is 1.